The van der Waals surface area contributed by atoms with Crippen molar-refractivity contribution in [2.45, 2.75) is 148 Å². The Hall–Kier alpha value is -1.03. The first kappa shape index (κ1) is 39.0. The highest BCUT2D eigenvalue weighted by Gasteiger charge is 2.27. The number of hydrogen-bond acceptors (Lipinski definition) is 9. The van der Waals surface area contributed by atoms with Gasteiger partial charge in [0.15, 0.2) is 6.10 Å². The van der Waals surface area contributed by atoms with E-state index in [1.54, 1.807) is 0 Å². The Labute approximate surface area is 242 Å². The van der Waals surface area contributed by atoms with E-state index >= 15 is 0 Å². The molecular formula is C29H57O10P. The standard InChI is InChI=1S/C29H57O10P/c1-3-5-7-9-10-11-12-13-14-15-17-18-20-28(32)36-24-27(39-29(33)21-19-16-8-6-4-2)25-38-40(34,35)37-23-26(31)22-30/h26-27,30-31H,3-25H2,1-2H3,(H,34,35)/t26-,27+/m0/s1. The third-order valence-corrected chi connectivity index (χ3v) is 7.46. The average Bonchev–Trinajstić information content (AvgIpc) is 2.93. The lowest BCUT2D eigenvalue weighted by Crippen LogP contribution is -2.29. The summed E-state index contributed by atoms with van der Waals surface area (Å²) < 4.78 is 32.2. The maximum atomic E-state index is 12.3. The number of phosphoric ester groups is 1. The second-order valence-corrected chi connectivity index (χ2v) is 11.9. The van der Waals surface area contributed by atoms with Crippen molar-refractivity contribution in [2.75, 3.05) is 26.4 Å². The lowest BCUT2D eigenvalue weighted by molar-refractivity contribution is -0.161. The van der Waals surface area contributed by atoms with E-state index in [1.807, 2.05) is 0 Å². The first-order valence-corrected chi connectivity index (χ1v) is 17.0. The van der Waals surface area contributed by atoms with Gasteiger partial charge in [-0.25, -0.2) is 4.57 Å². The first-order valence-electron chi connectivity index (χ1n) is 15.5. The summed E-state index contributed by atoms with van der Waals surface area (Å²) in [6, 6.07) is 0. The van der Waals surface area contributed by atoms with E-state index in [1.165, 1.54) is 51.4 Å². The molecule has 0 spiro atoms. The van der Waals surface area contributed by atoms with Crippen molar-refractivity contribution in [3.05, 3.63) is 0 Å². The van der Waals surface area contributed by atoms with Crippen LogP contribution in [0.25, 0.3) is 0 Å². The summed E-state index contributed by atoms with van der Waals surface area (Å²) in [4.78, 5) is 34.3. The van der Waals surface area contributed by atoms with Crippen LogP contribution in [-0.4, -0.2) is 65.7 Å². The molecule has 11 heteroatoms. The minimum absolute atomic E-state index is 0.184. The number of esters is 2. The van der Waals surface area contributed by atoms with Crippen molar-refractivity contribution in [3.63, 3.8) is 0 Å². The van der Waals surface area contributed by atoms with Crippen molar-refractivity contribution in [1.82, 2.24) is 0 Å². The van der Waals surface area contributed by atoms with Gasteiger partial charge in [-0.3, -0.25) is 18.6 Å². The number of hydrogen-bond donors (Lipinski definition) is 3. The molecule has 0 aromatic heterocycles. The highest BCUT2D eigenvalue weighted by atomic mass is 31.2. The highest BCUT2D eigenvalue weighted by molar-refractivity contribution is 7.47. The van der Waals surface area contributed by atoms with Crippen LogP contribution >= 0.6 is 7.82 Å². The monoisotopic (exact) mass is 596 g/mol. The van der Waals surface area contributed by atoms with Crippen LogP contribution in [0.15, 0.2) is 0 Å². The highest BCUT2D eigenvalue weighted by Crippen LogP contribution is 2.43. The van der Waals surface area contributed by atoms with Crippen LogP contribution in [0.4, 0.5) is 0 Å². The molecule has 40 heavy (non-hydrogen) atoms. The molecule has 3 atom stereocenters. The molecule has 0 aliphatic rings. The summed E-state index contributed by atoms with van der Waals surface area (Å²) >= 11 is 0. The van der Waals surface area contributed by atoms with Crippen LogP contribution in [-0.2, 0) is 32.7 Å². The predicted octanol–water partition coefficient (Wildman–Crippen LogP) is 6.38. The lowest BCUT2D eigenvalue weighted by Gasteiger charge is -2.20. The quantitative estimate of drug-likeness (QED) is 0.0504. The van der Waals surface area contributed by atoms with Crippen LogP contribution in [0.1, 0.15) is 136 Å². The van der Waals surface area contributed by atoms with E-state index in [4.69, 9.17) is 19.1 Å². The Bertz CT molecular complexity index is 661. The minimum atomic E-state index is -4.58. The molecule has 0 fully saturated rings. The molecule has 0 saturated carbocycles. The number of ether oxygens (including phenoxy) is 2. The molecule has 10 nitrogen and oxygen atoms in total. The number of rotatable bonds is 29. The van der Waals surface area contributed by atoms with Gasteiger partial charge in [-0.2, -0.15) is 0 Å². The summed E-state index contributed by atoms with van der Waals surface area (Å²) in [6.07, 6.45) is 17.1. The van der Waals surface area contributed by atoms with Gasteiger partial charge in [0.05, 0.1) is 19.8 Å². The van der Waals surface area contributed by atoms with Gasteiger partial charge in [0.25, 0.3) is 0 Å². The Kier molecular flexibility index (Phi) is 26.2. The number of aliphatic hydroxyl groups excluding tert-OH is 2. The van der Waals surface area contributed by atoms with E-state index in [2.05, 4.69) is 18.4 Å². The normalized spacial score (nSPS) is 14.4. The fraction of sp³-hybridized carbons (Fsp3) is 0.931. The van der Waals surface area contributed by atoms with E-state index in [-0.39, 0.29) is 19.4 Å². The second-order valence-electron chi connectivity index (χ2n) is 10.5. The SMILES string of the molecule is CCCCCCCCCCCCCCC(=O)OC[C@H](COP(=O)(O)OC[C@@H](O)CO)OC(=O)CCCCCCC. The van der Waals surface area contributed by atoms with Crippen molar-refractivity contribution in [2.24, 2.45) is 0 Å². The van der Waals surface area contributed by atoms with Crippen molar-refractivity contribution >= 4 is 19.8 Å². The van der Waals surface area contributed by atoms with Crippen molar-refractivity contribution < 1.29 is 47.8 Å². The lowest BCUT2D eigenvalue weighted by atomic mass is 10.0. The van der Waals surface area contributed by atoms with Gasteiger partial charge in [-0.05, 0) is 12.8 Å². The number of carbonyl (C=O) groups excluding carboxylic acids is 2. The number of phosphoric acid groups is 1. The van der Waals surface area contributed by atoms with Gasteiger partial charge < -0.3 is 24.6 Å². The second kappa shape index (κ2) is 26.8. The molecule has 0 aliphatic carbocycles. The molecule has 0 bridgehead atoms. The van der Waals surface area contributed by atoms with Crippen molar-refractivity contribution in [3.8, 4) is 0 Å². The smallest absolute Gasteiger partial charge is 0.462 e. The molecule has 0 aromatic carbocycles. The fourth-order valence-corrected chi connectivity index (χ4v) is 4.84. The molecule has 1 unspecified atom stereocenters. The Morgan fingerprint density at radius 2 is 1.07 bits per heavy atom. The van der Waals surface area contributed by atoms with E-state index < -0.39 is 51.8 Å². The van der Waals surface area contributed by atoms with Crippen LogP contribution in [0, 0.1) is 0 Å². The Morgan fingerprint density at radius 1 is 0.650 bits per heavy atom. The molecule has 238 valence electrons. The molecule has 0 rings (SSSR count). The summed E-state index contributed by atoms with van der Waals surface area (Å²) in [5.74, 6) is -0.936. The van der Waals surface area contributed by atoms with E-state index in [9.17, 15) is 24.2 Å². The number of aliphatic hydroxyl groups is 2. The van der Waals surface area contributed by atoms with Gasteiger partial charge in [0, 0.05) is 12.8 Å². The number of carbonyl (C=O) groups is 2. The van der Waals surface area contributed by atoms with Crippen LogP contribution in [0.3, 0.4) is 0 Å². The first-order chi connectivity index (χ1) is 19.2. The molecule has 0 saturated heterocycles. The van der Waals surface area contributed by atoms with Gasteiger partial charge in [0.1, 0.15) is 12.7 Å². The molecule has 0 radical (unpaired) electrons. The zero-order valence-electron chi connectivity index (χ0n) is 25.1. The largest absolute Gasteiger partial charge is 0.472 e. The Morgan fingerprint density at radius 3 is 1.55 bits per heavy atom. The fourth-order valence-electron chi connectivity index (χ4n) is 4.05. The van der Waals surface area contributed by atoms with Crippen LogP contribution < -0.4 is 0 Å². The minimum Gasteiger partial charge on any atom is -0.462 e. The molecular weight excluding hydrogens is 539 g/mol. The Balaban J connectivity index is 4.34. The van der Waals surface area contributed by atoms with Crippen molar-refractivity contribution in [1.29, 1.82) is 0 Å². The van der Waals surface area contributed by atoms with E-state index in [0.717, 1.165) is 44.9 Å². The molecule has 0 aromatic rings. The average molecular weight is 597 g/mol. The maximum absolute atomic E-state index is 12.3. The maximum Gasteiger partial charge on any atom is 0.472 e. The van der Waals surface area contributed by atoms with Gasteiger partial charge in [0.2, 0.25) is 0 Å². The molecule has 3 N–H and O–H groups in total. The molecule has 0 heterocycles. The summed E-state index contributed by atoms with van der Waals surface area (Å²) in [5.41, 5.74) is 0. The summed E-state index contributed by atoms with van der Waals surface area (Å²) in [7, 11) is -4.58. The molecule has 0 amide bonds. The zero-order chi connectivity index (χ0) is 29.9. The van der Waals surface area contributed by atoms with Gasteiger partial charge >= 0.3 is 19.8 Å². The topological polar surface area (TPSA) is 149 Å². The van der Waals surface area contributed by atoms with E-state index in [0.29, 0.717) is 12.8 Å². The predicted molar refractivity (Wildman–Crippen MR) is 155 cm³/mol. The van der Waals surface area contributed by atoms with Gasteiger partial charge in [-0.15, -0.1) is 0 Å². The summed E-state index contributed by atoms with van der Waals surface area (Å²) in [6.45, 7) is 2.24. The third kappa shape index (κ3) is 25.9. The van der Waals surface area contributed by atoms with Gasteiger partial charge in [-0.1, -0.05) is 110 Å². The zero-order valence-corrected chi connectivity index (χ0v) is 26.0. The van der Waals surface area contributed by atoms with Crippen LogP contribution in [0.2, 0.25) is 0 Å². The number of unbranched alkanes of at least 4 members (excludes halogenated alkanes) is 15. The third-order valence-electron chi connectivity index (χ3n) is 6.51. The summed E-state index contributed by atoms with van der Waals surface area (Å²) in [5, 5.41) is 18.1. The molecule has 0 aliphatic heterocycles. The van der Waals surface area contributed by atoms with Crippen LogP contribution in [0.5, 0.6) is 0 Å².